The number of aliphatic hydroxyl groups is 1. The van der Waals surface area contributed by atoms with Gasteiger partial charge in [0.15, 0.2) is 17.3 Å². The first-order chi connectivity index (χ1) is 7.56. The molecule has 90 valence electrons. The lowest BCUT2D eigenvalue weighted by atomic mass is 10.1. The Bertz CT molecular complexity index is 385. The van der Waals surface area contributed by atoms with Gasteiger partial charge in [-0.15, -0.1) is 0 Å². The number of hydrogen-bond acceptors (Lipinski definition) is 4. The molecule has 0 fully saturated rings. The third-order valence-corrected chi connectivity index (χ3v) is 2.16. The highest BCUT2D eigenvalue weighted by molar-refractivity contribution is 5.46. The molecule has 0 radical (unpaired) electrons. The summed E-state index contributed by atoms with van der Waals surface area (Å²) in [6.45, 7) is -0.288. The molecule has 3 N–H and O–H groups in total. The van der Waals surface area contributed by atoms with E-state index in [-0.39, 0.29) is 18.0 Å². The van der Waals surface area contributed by atoms with Crippen LogP contribution >= 0.6 is 0 Å². The molecule has 1 aromatic carbocycles. The van der Waals surface area contributed by atoms with Crippen LogP contribution in [0.25, 0.3) is 0 Å². The second-order valence-corrected chi connectivity index (χ2v) is 3.07. The fraction of sp³-hybridized carbons (Fsp3) is 0.400. The molecule has 1 rings (SSSR count). The van der Waals surface area contributed by atoms with Crippen molar-refractivity contribution in [1.29, 1.82) is 0 Å². The minimum absolute atomic E-state index is 0.0783. The van der Waals surface area contributed by atoms with E-state index in [1.807, 2.05) is 0 Å². The summed E-state index contributed by atoms with van der Waals surface area (Å²) in [4.78, 5) is 0. The molecule has 4 nitrogen and oxygen atoms in total. The van der Waals surface area contributed by atoms with Crippen molar-refractivity contribution in [2.75, 3.05) is 20.8 Å². The van der Waals surface area contributed by atoms with Crippen molar-refractivity contribution in [3.05, 3.63) is 23.3 Å². The number of nitrogens with two attached hydrogens (primary N) is 1. The van der Waals surface area contributed by atoms with Gasteiger partial charge in [-0.1, -0.05) is 0 Å². The predicted molar refractivity (Wildman–Crippen MR) is 53.5 cm³/mol. The fourth-order valence-corrected chi connectivity index (χ4v) is 1.36. The molecule has 0 saturated carbocycles. The maximum Gasteiger partial charge on any atom is 0.197 e. The van der Waals surface area contributed by atoms with Crippen molar-refractivity contribution in [1.82, 2.24) is 0 Å². The Kier molecular flexibility index (Phi) is 4.03. The molecule has 0 aromatic heterocycles. The number of aliphatic hydroxyl groups excluding tert-OH is 1. The zero-order valence-corrected chi connectivity index (χ0v) is 8.96. The van der Waals surface area contributed by atoms with Crippen molar-refractivity contribution in [3.8, 4) is 11.5 Å². The van der Waals surface area contributed by atoms with E-state index in [0.29, 0.717) is 0 Å². The molecular weight excluding hydrogens is 220 g/mol. The zero-order valence-electron chi connectivity index (χ0n) is 8.96. The van der Waals surface area contributed by atoms with Gasteiger partial charge < -0.3 is 20.3 Å². The summed E-state index contributed by atoms with van der Waals surface area (Å²) in [6, 6.07) is 0.941. The first-order valence-corrected chi connectivity index (χ1v) is 4.54. The van der Waals surface area contributed by atoms with E-state index in [1.165, 1.54) is 14.2 Å². The van der Waals surface area contributed by atoms with Gasteiger partial charge in [0.2, 0.25) is 0 Å². The van der Waals surface area contributed by atoms with Crippen molar-refractivity contribution < 1.29 is 23.4 Å². The van der Waals surface area contributed by atoms with Gasteiger partial charge in [-0.2, -0.15) is 0 Å². The number of hydrogen-bond donors (Lipinski definition) is 2. The van der Waals surface area contributed by atoms with Gasteiger partial charge in [0, 0.05) is 12.6 Å². The van der Waals surface area contributed by atoms with Gasteiger partial charge in [0.1, 0.15) is 5.82 Å². The van der Waals surface area contributed by atoms with Gasteiger partial charge >= 0.3 is 0 Å². The largest absolute Gasteiger partial charge is 0.493 e. The van der Waals surface area contributed by atoms with Crippen molar-refractivity contribution >= 4 is 0 Å². The Morgan fingerprint density at radius 1 is 1.38 bits per heavy atom. The molecule has 0 aliphatic carbocycles. The first kappa shape index (κ1) is 12.7. The lowest BCUT2D eigenvalue weighted by molar-refractivity contribution is 0.174. The van der Waals surface area contributed by atoms with Crippen LogP contribution in [-0.2, 0) is 0 Å². The average molecular weight is 233 g/mol. The van der Waals surface area contributed by atoms with Crippen molar-refractivity contribution in [2.45, 2.75) is 6.10 Å². The van der Waals surface area contributed by atoms with Gasteiger partial charge in [0.25, 0.3) is 0 Å². The van der Waals surface area contributed by atoms with Crippen LogP contribution in [0.2, 0.25) is 0 Å². The number of methoxy groups -OCH3 is 2. The SMILES string of the molecule is COc1cc(F)c(C(O)CN)c(F)c1OC. The maximum absolute atomic E-state index is 13.8. The Labute approximate surface area is 91.6 Å². The number of benzene rings is 1. The topological polar surface area (TPSA) is 64.7 Å². The molecule has 0 saturated heterocycles. The van der Waals surface area contributed by atoms with Crippen LogP contribution in [0.3, 0.4) is 0 Å². The highest BCUT2D eigenvalue weighted by atomic mass is 19.1. The molecule has 6 heteroatoms. The number of halogens is 2. The van der Waals surface area contributed by atoms with Crippen molar-refractivity contribution in [3.63, 3.8) is 0 Å². The summed E-state index contributed by atoms with van der Waals surface area (Å²) in [5.41, 5.74) is 4.63. The van der Waals surface area contributed by atoms with Gasteiger partial charge in [-0.05, 0) is 0 Å². The number of rotatable bonds is 4. The Morgan fingerprint density at radius 3 is 2.44 bits per heavy atom. The van der Waals surface area contributed by atoms with E-state index in [4.69, 9.17) is 15.2 Å². The highest BCUT2D eigenvalue weighted by Gasteiger charge is 2.24. The van der Waals surface area contributed by atoms with Crippen molar-refractivity contribution in [2.24, 2.45) is 5.73 Å². The molecule has 0 aliphatic heterocycles. The van der Waals surface area contributed by atoms with Crippen LogP contribution in [0.4, 0.5) is 8.78 Å². The lowest BCUT2D eigenvalue weighted by Gasteiger charge is -2.15. The molecular formula is C10H13F2NO3. The second kappa shape index (κ2) is 5.09. The Balaban J connectivity index is 3.40. The molecule has 0 aliphatic rings. The summed E-state index contributed by atoms with van der Waals surface area (Å²) >= 11 is 0. The molecule has 0 amide bonds. The molecule has 0 spiro atoms. The van der Waals surface area contributed by atoms with E-state index in [2.05, 4.69) is 0 Å². The van der Waals surface area contributed by atoms with E-state index in [1.54, 1.807) is 0 Å². The smallest absolute Gasteiger partial charge is 0.197 e. The Hall–Kier alpha value is -1.40. The monoisotopic (exact) mass is 233 g/mol. The van der Waals surface area contributed by atoms with Gasteiger partial charge in [-0.3, -0.25) is 0 Å². The van der Waals surface area contributed by atoms with Crippen LogP contribution < -0.4 is 15.2 Å². The zero-order chi connectivity index (χ0) is 12.3. The first-order valence-electron chi connectivity index (χ1n) is 4.54. The second-order valence-electron chi connectivity index (χ2n) is 3.07. The summed E-state index contributed by atoms with van der Waals surface area (Å²) in [5, 5.41) is 9.37. The summed E-state index contributed by atoms with van der Waals surface area (Å²) in [5.74, 6) is -2.26. The molecule has 1 atom stereocenters. The van der Waals surface area contributed by atoms with Crippen LogP contribution in [0, 0.1) is 11.6 Å². The normalized spacial score (nSPS) is 12.4. The molecule has 1 unspecified atom stereocenters. The highest BCUT2D eigenvalue weighted by Crippen LogP contribution is 2.36. The summed E-state index contributed by atoms with van der Waals surface area (Å²) in [6.07, 6.45) is -1.42. The van der Waals surface area contributed by atoms with Gasteiger partial charge in [-0.25, -0.2) is 8.78 Å². The predicted octanol–water partition coefficient (Wildman–Crippen LogP) is 0.974. The minimum Gasteiger partial charge on any atom is -0.493 e. The Morgan fingerprint density at radius 2 is 2.00 bits per heavy atom. The third-order valence-electron chi connectivity index (χ3n) is 2.16. The summed E-state index contributed by atoms with van der Waals surface area (Å²) < 4.78 is 36.7. The minimum atomic E-state index is -1.42. The molecule has 16 heavy (non-hydrogen) atoms. The van der Waals surface area contributed by atoms with E-state index >= 15 is 0 Å². The molecule has 0 heterocycles. The number of ether oxygens (including phenoxy) is 2. The van der Waals surface area contributed by atoms with Gasteiger partial charge in [0.05, 0.1) is 25.9 Å². The van der Waals surface area contributed by atoms with Crippen LogP contribution in [0.15, 0.2) is 6.07 Å². The fourth-order valence-electron chi connectivity index (χ4n) is 1.36. The van der Waals surface area contributed by atoms with Crippen LogP contribution in [-0.4, -0.2) is 25.9 Å². The quantitative estimate of drug-likeness (QED) is 0.813. The standard InChI is InChI=1S/C10H13F2NO3/c1-15-7-3-5(11)8(6(14)4-13)9(12)10(7)16-2/h3,6,14H,4,13H2,1-2H3. The molecule has 1 aromatic rings. The average Bonchev–Trinajstić information content (AvgIpc) is 2.27. The third kappa shape index (κ3) is 2.07. The van der Waals surface area contributed by atoms with Crippen LogP contribution in [0.1, 0.15) is 11.7 Å². The van der Waals surface area contributed by atoms with E-state index in [9.17, 15) is 13.9 Å². The van der Waals surface area contributed by atoms with E-state index in [0.717, 1.165) is 6.07 Å². The molecule has 0 bridgehead atoms. The lowest BCUT2D eigenvalue weighted by Crippen LogP contribution is -2.15. The van der Waals surface area contributed by atoms with Crippen LogP contribution in [0.5, 0.6) is 11.5 Å². The summed E-state index contributed by atoms with van der Waals surface area (Å²) in [7, 11) is 2.48. The van der Waals surface area contributed by atoms with E-state index < -0.39 is 23.3 Å². The maximum atomic E-state index is 13.8.